The molecule has 1 aromatic rings. The van der Waals surface area contributed by atoms with Crippen LogP contribution >= 0.6 is 0 Å². The molecule has 1 aliphatic rings. The van der Waals surface area contributed by atoms with Crippen LogP contribution < -0.4 is 11.1 Å². The summed E-state index contributed by atoms with van der Waals surface area (Å²) in [6.45, 7) is 2.45. The molecule has 1 fully saturated rings. The Morgan fingerprint density at radius 3 is 2.84 bits per heavy atom. The highest BCUT2D eigenvalue weighted by atomic mass is 16.3. The largest absolute Gasteiger partial charge is 0.508 e. The van der Waals surface area contributed by atoms with Gasteiger partial charge in [-0.25, -0.2) is 0 Å². The molecule has 0 spiro atoms. The standard InChI is InChI=1S/C15H22N2O2/c1-10-8-12(18)6-7-14(10)17-15(19)13-5-3-2-4-11(13)9-16/h6-8,11,13,18H,2-5,9,16H2,1H3,(H,17,19). The Morgan fingerprint density at radius 1 is 1.42 bits per heavy atom. The van der Waals surface area contributed by atoms with Crippen LogP contribution in [-0.4, -0.2) is 17.6 Å². The summed E-state index contributed by atoms with van der Waals surface area (Å²) in [6.07, 6.45) is 4.24. The number of carbonyl (C=O) groups is 1. The molecule has 0 aliphatic heterocycles. The number of amides is 1. The van der Waals surface area contributed by atoms with Gasteiger partial charge in [0.05, 0.1) is 0 Å². The number of nitrogens with one attached hydrogen (secondary N) is 1. The maximum absolute atomic E-state index is 12.3. The molecule has 0 radical (unpaired) electrons. The Morgan fingerprint density at radius 2 is 2.16 bits per heavy atom. The van der Waals surface area contributed by atoms with Gasteiger partial charge in [-0.15, -0.1) is 0 Å². The third-order valence-corrected chi connectivity index (χ3v) is 4.02. The average molecular weight is 262 g/mol. The highest BCUT2D eigenvalue weighted by Crippen LogP contribution is 2.31. The topological polar surface area (TPSA) is 75.3 Å². The number of rotatable bonds is 3. The van der Waals surface area contributed by atoms with Gasteiger partial charge in [0.15, 0.2) is 0 Å². The molecular weight excluding hydrogens is 240 g/mol. The van der Waals surface area contributed by atoms with E-state index in [0.29, 0.717) is 12.5 Å². The summed E-state index contributed by atoms with van der Waals surface area (Å²) in [5.41, 5.74) is 7.40. The normalized spacial score (nSPS) is 23.1. The summed E-state index contributed by atoms with van der Waals surface area (Å²) >= 11 is 0. The van der Waals surface area contributed by atoms with E-state index in [4.69, 9.17) is 5.73 Å². The van der Waals surface area contributed by atoms with Crippen LogP contribution in [0.4, 0.5) is 5.69 Å². The van der Waals surface area contributed by atoms with Crippen LogP contribution in [0.25, 0.3) is 0 Å². The van der Waals surface area contributed by atoms with Crippen molar-refractivity contribution < 1.29 is 9.90 Å². The predicted molar refractivity (Wildman–Crippen MR) is 76.0 cm³/mol. The van der Waals surface area contributed by atoms with Crippen LogP contribution in [0.1, 0.15) is 31.2 Å². The van der Waals surface area contributed by atoms with Gasteiger partial charge in [-0.1, -0.05) is 12.8 Å². The molecule has 1 aliphatic carbocycles. The fourth-order valence-corrected chi connectivity index (χ4v) is 2.85. The van der Waals surface area contributed by atoms with Gasteiger partial charge in [-0.2, -0.15) is 0 Å². The summed E-state index contributed by atoms with van der Waals surface area (Å²) in [7, 11) is 0. The number of aryl methyl sites for hydroxylation is 1. The number of hydrogen-bond donors (Lipinski definition) is 3. The lowest BCUT2D eigenvalue weighted by molar-refractivity contribution is -0.122. The quantitative estimate of drug-likeness (QED) is 0.732. The number of carbonyl (C=O) groups excluding carboxylic acids is 1. The van der Waals surface area contributed by atoms with Gasteiger partial charge in [0.25, 0.3) is 0 Å². The van der Waals surface area contributed by atoms with Crippen molar-refractivity contribution in [2.75, 3.05) is 11.9 Å². The van der Waals surface area contributed by atoms with Crippen LogP contribution in [0.2, 0.25) is 0 Å². The van der Waals surface area contributed by atoms with Gasteiger partial charge in [-0.05, 0) is 56.0 Å². The minimum Gasteiger partial charge on any atom is -0.508 e. The molecule has 2 atom stereocenters. The summed E-state index contributed by atoms with van der Waals surface area (Å²) in [4.78, 5) is 12.3. The molecule has 1 amide bonds. The maximum atomic E-state index is 12.3. The first-order valence-electron chi connectivity index (χ1n) is 6.92. The number of anilines is 1. The zero-order valence-electron chi connectivity index (χ0n) is 11.4. The van der Waals surface area contributed by atoms with Crippen LogP contribution in [0, 0.1) is 18.8 Å². The van der Waals surface area contributed by atoms with E-state index < -0.39 is 0 Å². The number of aromatic hydroxyl groups is 1. The van der Waals surface area contributed by atoms with Gasteiger partial charge < -0.3 is 16.2 Å². The molecule has 4 N–H and O–H groups in total. The van der Waals surface area contributed by atoms with E-state index in [0.717, 1.165) is 30.5 Å². The molecule has 4 heteroatoms. The first kappa shape index (κ1) is 13.9. The maximum Gasteiger partial charge on any atom is 0.227 e. The van der Waals surface area contributed by atoms with Crippen molar-refractivity contribution in [3.8, 4) is 5.75 Å². The van der Waals surface area contributed by atoms with Gasteiger partial charge in [0, 0.05) is 11.6 Å². The second kappa shape index (κ2) is 6.06. The van der Waals surface area contributed by atoms with Gasteiger partial charge in [0.2, 0.25) is 5.91 Å². The van der Waals surface area contributed by atoms with E-state index >= 15 is 0 Å². The second-order valence-corrected chi connectivity index (χ2v) is 5.38. The number of nitrogens with two attached hydrogens (primary N) is 1. The third kappa shape index (κ3) is 3.26. The van der Waals surface area contributed by atoms with Gasteiger partial charge in [0.1, 0.15) is 5.75 Å². The zero-order valence-corrected chi connectivity index (χ0v) is 11.4. The van der Waals surface area contributed by atoms with Crippen LogP contribution in [-0.2, 0) is 4.79 Å². The molecule has 0 aromatic heterocycles. The number of hydrogen-bond acceptors (Lipinski definition) is 3. The Kier molecular flexibility index (Phi) is 4.43. The zero-order chi connectivity index (χ0) is 13.8. The molecule has 19 heavy (non-hydrogen) atoms. The number of phenols is 1. The van der Waals surface area contributed by atoms with Crippen molar-refractivity contribution in [1.82, 2.24) is 0 Å². The second-order valence-electron chi connectivity index (χ2n) is 5.38. The summed E-state index contributed by atoms with van der Waals surface area (Å²) in [5.74, 6) is 0.593. The molecule has 1 aromatic carbocycles. The molecular formula is C15H22N2O2. The molecule has 2 rings (SSSR count). The van der Waals surface area contributed by atoms with Crippen molar-refractivity contribution in [2.24, 2.45) is 17.6 Å². The summed E-state index contributed by atoms with van der Waals surface area (Å²) in [5, 5.41) is 12.3. The Balaban J connectivity index is 2.07. The van der Waals surface area contributed by atoms with Gasteiger partial charge >= 0.3 is 0 Å². The van der Waals surface area contributed by atoms with Crippen LogP contribution in [0.15, 0.2) is 18.2 Å². The van der Waals surface area contributed by atoms with E-state index in [1.807, 2.05) is 6.92 Å². The first-order valence-corrected chi connectivity index (χ1v) is 6.92. The van der Waals surface area contributed by atoms with E-state index in [-0.39, 0.29) is 17.6 Å². The van der Waals surface area contributed by atoms with Crippen molar-refractivity contribution in [2.45, 2.75) is 32.6 Å². The summed E-state index contributed by atoms with van der Waals surface area (Å²) < 4.78 is 0. The monoisotopic (exact) mass is 262 g/mol. The van der Waals surface area contributed by atoms with Crippen LogP contribution in [0.5, 0.6) is 5.75 Å². The lowest BCUT2D eigenvalue weighted by Gasteiger charge is -2.29. The van der Waals surface area contributed by atoms with Crippen molar-refractivity contribution in [3.63, 3.8) is 0 Å². The van der Waals surface area contributed by atoms with Crippen molar-refractivity contribution in [1.29, 1.82) is 0 Å². The first-order chi connectivity index (χ1) is 9.11. The fourth-order valence-electron chi connectivity index (χ4n) is 2.85. The Bertz CT molecular complexity index is 459. The minimum atomic E-state index is 0.0203. The van der Waals surface area contributed by atoms with E-state index in [9.17, 15) is 9.90 Å². The smallest absolute Gasteiger partial charge is 0.227 e. The number of benzene rings is 1. The van der Waals surface area contributed by atoms with Crippen molar-refractivity contribution in [3.05, 3.63) is 23.8 Å². The molecule has 1 saturated carbocycles. The van der Waals surface area contributed by atoms with E-state index in [2.05, 4.69) is 5.32 Å². The molecule has 0 bridgehead atoms. The van der Waals surface area contributed by atoms with Crippen molar-refractivity contribution >= 4 is 11.6 Å². The molecule has 104 valence electrons. The van der Waals surface area contributed by atoms with E-state index in [1.54, 1.807) is 18.2 Å². The lowest BCUT2D eigenvalue weighted by Crippen LogP contribution is -2.35. The van der Waals surface area contributed by atoms with E-state index in [1.165, 1.54) is 6.42 Å². The molecule has 4 nitrogen and oxygen atoms in total. The third-order valence-electron chi connectivity index (χ3n) is 4.02. The lowest BCUT2D eigenvalue weighted by atomic mass is 9.78. The Hall–Kier alpha value is -1.55. The minimum absolute atomic E-state index is 0.0203. The molecule has 2 unspecified atom stereocenters. The number of phenolic OH excluding ortho intramolecular Hbond substituents is 1. The SMILES string of the molecule is Cc1cc(O)ccc1NC(=O)C1CCCCC1CN. The fraction of sp³-hybridized carbons (Fsp3) is 0.533. The van der Waals surface area contributed by atoms with Crippen LogP contribution in [0.3, 0.4) is 0 Å². The van der Waals surface area contributed by atoms with Gasteiger partial charge in [-0.3, -0.25) is 4.79 Å². The molecule has 0 saturated heterocycles. The Labute approximate surface area is 114 Å². The highest BCUT2D eigenvalue weighted by Gasteiger charge is 2.30. The predicted octanol–water partition coefficient (Wildman–Crippen LogP) is 2.40. The molecule has 0 heterocycles. The average Bonchev–Trinajstić information content (AvgIpc) is 2.41. The summed E-state index contributed by atoms with van der Waals surface area (Å²) in [6, 6.07) is 4.98. The highest BCUT2D eigenvalue weighted by molar-refractivity contribution is 5.93.